The van der Waals surface area contributed by atoms with Crippen molar-refractivity contribution in [3.8, 4) is 5.75 Å². The highest BCUT2D eigenvalue weighted by Gasteiger charge is 2.48. The Balaban J connectivity index is 2.13. The molecular weight excluding hydrogens is 268 g/mol. The summed E-state index contributed by atoms with van der Waals surface area (Å²) in [6.07, 6.45) is -7.38. The molecule has 1 aromatic carbocycles. The number of hydrogen-bond donors (Lipinski definition) is 3. The van der Waals surface area contributed by atoms with E-state index in [-0.39, 0.29) is 0 Å². The van der Waals surface area contributed by atoms with Gasteiger partial charge in [0.25, 0.3) is 0 Å². The highest BCUT2D eigenvalue weighted by atomic mass is 16.7. The van der Waals surface area contributed by atoms with Gasteiger partial charge in [0.2, 0.25) is 6.29 Å². The second-order valence-corrected chi connectivity index (χ2v) is 4.35. The van der Waals surface area contributed by atoms with Crippen LogP contribution in [0.1, 0.15) is 0 Å². The number of aliphatic hydroxyl groups excluding tert-OH is 3. The van der Waals surface area contributed by atoms with Crippen LogP contribution in [0.3, 0.4) is 0 Å². The lowest BCUT2D eigenvalue weighted by Crippen LogP contribution is -2.61. The van der Waals surface area contributed by atoms with Gasteiger partial charge in [-0.2, -0.15) is 0 Å². The van der Waals surface area contributed by atoms with Crippen molar-refractivity contribution in [3.05, 3.63) is 30.3 Å². The molecule has 1 aliphatic heterocycles. The van der Waals surface area contributed by atoms with Crippen LogP contribution in [0, 0.1) is 0 Å². The number of rotatable bonds is 3. The zero-order valence-corrected chi connectivity index (χ0v) is 10.7. The summed E-state index contributed by atoms with van der Waals surface area (Å²) in [6.45, 7) is 0. The third-order valence-electron chi connectivity index (χ3n) is 3.00. The molecule has 1 aliphatic rings. The maximum atomic E-state index is 11.5. The van der Waals surface area contributed by atoms with Gasteiger partial charge in [0.15, 0.2) is 6.10 Å². The van der Waals surface area contributed by atoms with Crippen molar-refractivity contribution in [1.82, 2.24) is 0 Å². The van der Waals surface area contributed by atoms with E-state index in [1.165, 1.54) is 0 Å². The zero-order valence-electron chi connectivity index (χ0n) is 10.7. The van der Waals surface area contributed by atoms with Crippen molar-refractivity contribution in [1.29, 1.82) is 0 Å². The number of para-hydroxylation sites is 1. The number of esters is 1. The summed E-state index contributed by atoms with van der Waals surface area (Å²) in [5, 5.41) is 29.3. The van der Waals surface area contributed by atoms with Crippen LogP contribution in [0.15, 0.2) is 30.3 Å². The molecular formula is C13H16O7. The first kappa shape index (κ1) is 14.7. The fraction of sp³-hybridized carbons (Fsp3) is 0.462. The Bertz CT molecular complexity index is 449. The van der Waals surface area contributed by atoms with Gasteiger partial charge in [-0.15, -0.1) is 0 Å². The Morgan fingerprint density at radius 3 is 2.35 bits per heavy atom. The third-order valence-corrected chi connectivity index (χ3v) is 3.00. The average molecular weight is 284 g/mol. The third kappa shape index (κ3) is 2.91. The number of aliphatic hydroxyl groups is 3. The van der Waals surface area contributed by atoms with Crippen LogP contribution >= 0.6 is 0 Å². The molecule has 0 aliphatic carbocycles. The molecule has 110 valence electrons. The van der Waals surface area contributed by atoms with E-state index < -0.39 is 36.7 Å². The fourth-order valence-electron chi connectivity index (χ4n) is 1.89. The summed E-state index contributed by atoms with van der Waals surface area (Å²) in [7, 11) is 1.13. The lowest BCUT2D eigenvalue weighted by atomic mass is 9.99. The number of carbonyl (C=O) groups is 1. The van der Waals surface area contributed by atoms with Gasteiger partial charge < -0.3 is 29.5 Å². The second kappa shape index (κ2) is 6.19. The first-order valence-corrected chi connectivity index (χ1v) is 6.04. The molecule has 1 heterocycles. The molecule has 1 saturated heterocycles. The van der Waals surface area contributed by atoms with Gasteiger partial charge in [-0.1, -0.05) is 18.2 Å². The minimum Gasteiger partial charge on any atom is -0.467 e. The average Bonchev–Trinajstić information content (AvgIpc) is 2.48. The molecule has 0 aromatic heterocycles. The maximum absolute atomic E-state index is 11.5. The largest absolute Gasteiger partial charge is 0.467 e. The lowest BCUT2D eigenvalue weighted by Gasteiger charge is -2.38. The molecule has 0 spiro atoms. The van der Waals surface area contributed by atoms with Crippen LogP contribution in [-0.4, -0.2) is 59.1 Å². The van der Waals surface area contributed by atoms with Gasteiger partial charge in [0, 0.05) is 0 Å². The summed E-state index contributed by atoms with van der Waals surface area (Å²) < 4.78 is 15.0. The normalized spacial score (nSPS) is 33.5. The van der Waals surface area contributed by atoms with Gasteiger partial charge in [0.1, 0.15) is 24.1 Å². The summed E-state index contributed by atoms with van der Waals surface area (Å²) in [4.78, 5) is 11.5. The molecule has 20 heavy (non-hydrogen) atoms. The van der Waals surface area contributed by atoms with E-state index in [2.05, 4.69) is 4.74 Å². The van der Waals surface area contributed by atoms with E-state index in [9.17, 15) is 20.1 Å². The molecule has 3 N–H and O–H groups in total. The Labute approximate surface area is 115 Å². The zero-order chi connectivity index (χ0) is 14.7. The van der Waals surface area contributed by atoms with Crippen LogP contribution in [0.2, 0.25) is 0 Å². The predicted octanol–water partition coefficient (Wildman–Crippen LogP) is -0.954. The van der Waals surface area contributed by atoms with Gasteiger partial charge in [-0.3, -0.25) is 0 Å². The molecule has 2 rings (SSSR count). The quantitative estimate of drug-likeness (QED) is 0.614. The standard InChI is InChI=1S/C13H16O7/c1-18-12(17)11-9(15)8(14)10(16)13(20-11)19-7-5-3-2-4-6-7/h2-6,8-11,13-16H,1H3/t8-,9-,10+,11-,13+/m0/s1. The van der Waals surface area contributed by atoms with E-state index in [0.717, 1.165) is 7.11 Å². The van der Waals surface area contributed by atoms with Gasteiger partial charge in [-0.25, -0.2) is 4.79 Å². The topological polar surface area (TPSA) is 105 Å². The Morgan fingerprint density at radius 1 is 1.10 bits per heavy atom. The number of carbonyl (C=O) groups excluding carboxylic acids is 1. The molecule has 0 radical (unpaired) electrons. The summed E-state index contributed by atoms with van der Waals surface area (Å²) in [5.41, 5.74) is 0. The van der Waals surface area contributed by atoms with Crippen molar-refractivity contribution in [2.45, 2.75) is 30.7 Å². The first-order chi connectivity index (χ1) is 9.54. The molecule has 1 fully saturated rings. The minimum atomic E-state index is -1.59. The Morgan fingerprint density at radius 2 is 1.75 bits per heavy atom. The van der Waals surface area contributed by atoms with E-state index in [4.69, 9.17) is 9.47 Å². The van der Waals surface area contributed by atoms with Crippen molar-refractivity contribution in [2.75, 3.05) is 7.11 Å². The Kier molecular flexibility index (Phi) is 4.56. The van der Waals surface area contributed by atoms with Crippen molar-refractivity contribution >= 4 is 5.97 Å². The lowest BCUT2D eigenvalue weighted by molar-refractivity contribution is -0.271. The van der Waals surface area contributed by atoms with Crippen LogP contribution in [0.25, 0.3) is 0 Å². The highest BCUT2D eigenvalue weighted by Crippen LogP contribution is 2.24. The summed E-state index contributed by atoms with van der Waals surface area (Å²) in [6, 6.07) is 8.46. The van der Waals surface area contributed by atoms with Gasteiger partial charge in [-0.05, 0) is 12.1 Å². The second-order valence-electron chi connectivity index (χ2n) is 4.35. The molecule has 0 bridgehead atoms. The van der Waals surface area contributed by atoms with E-state index in [0.29, 0.717) is 5.75 Å². The monoisotopic (exact) mass is 284 g/mol. The van der Waals surface area contributed by atoms with E-state index in [1.807, 2.05) is 0 Å². The summed E-state index contributed by atoms with van der Waals surface area (Å²) >= 11 is 0. The molecule has 0 saturated carbocycles. The molecule has 0 unspecified atom stereocenters. The van der Waals surface area contributed by atoms with E-state index in [1.54, 1.807) is 30.3 Å². The SMILES string of the molecule is COC(=O)[C@H]1O[C@@H](Oc2ccccc2)[C@H](O)[C@@H](O)[C@@H]1O. The van der Waals surface area contributed by atoms with Gasteiger partial charge in [0.05, 0.1) is 7.11 Å². The van der Waals surface area contributed by atoms with Gasteiger partial charge >= 0.3 is 5.97 Å². The highest BCUT2D eigenvalue weighted by molar-refractivity contribution is 5.75. The summed E-state index contributed by atoms with van der Waals surface area (Å²) in [5.74, 6) is -0.464. The molecule has 0 amide bonds. The molecule has 1 aromatic rings. The number of methoxy groups -OCH3 is 1. The Hall–Kier alpha value is -1.67. The van der Waals surface area contributed by atoms with Crippen LogP contribution in [0.5, 0.6) is 5.75 Å². The first-order valence-electron chi connectivity index (χ1n) is 6.04. The van der Waals surface area contributed by atoms with Crippen LogP contribution in [0.4, 0.5) is 0 Å². The molecule has 5 atom stereocenters. The van der Waals surface area contributed by atoms with Crippen molar-refractivity contribution < 1.29 is 34.3 Å². The molecule has 7 heteroatoms. The minimum absolute atomic E-state index is 0.392. The van der Waals surface area contributed by atoms with Crippen molar-refractivity contribution in [3.63, 3.8) is 0 Å². The fourth-order valence-corrected chi connectivity index (χ4v) is 1.89. The van der Waals surface area contributed by atoms with Crippen LogP contribution in [-0.2, 0) is 14.3 Å². The van der Waals surface area contributed by atoms with Crippen molar-refractivity contribution in [2.24, 2.45) is 0 Å². The van der Waals surface area contributed by atoms with Crippen LogP contribution < -0.4 is 4.74 Å². The predicted molar refractivity (Wildman–Crippen MR) is 65.8 cm³/mol. The molecule has 7 nitrogen and oxygen atoms in total. The number of benzene rings is 1. The van der Waals surface area contributed by atoms with E-state index >= 15 is 0 Å². The number of hydrogen-bond acceptors (Lipinski definition) is 7. The maximum Gasteiger partial charge on any atom is 0.337 e. The smallest absolute Gasteiger partial charge is 0.337 e. The number of ether oxygens (including phenoxy) is 3.